The predicted octanol–water partition coefficient (Wildman–Crippen LogP) is 2.49. The molecule has 2 nitrogen and oxygen atoms in total. The van der Waals surface area contributed by atoms with Crippen molar-refractivity contribution in [2.24, 2.45) is 4.99 Å². The highest BCUT2D eigenvalue weighted by Crippen LogP contribution is 2.23. The van der Waals surface area contributed by atoms with Gasteiger partial charge in [-0.3, -0.25) is 4.79 Å². The van der Waals surface area contributed by atoms with Gasteiger partial charge in [-0.25, -0.2) is 4.99 Å². The lowest BCUT2D eigenvalue weighted by Gasteiger charge is -2.01. The zero-order valence-electron chi connectivity index (χ0n) is 7.98. The molecule has 0 atom stereocenters. The van der Waals surface area contributed by atoms with Gasteiger partial charge in [-0.1, -0.05) is 20.8 Å². The van der Waals surface area contributed by atoms with E-state index in [0.29, 0.717) is 0 Å². The van der Waals surface area contributed by atoms with Crippen molar-refractivity contribution >= 4 is 11.6 Å². The molecule has 0 bridgehead atoms. The summed E-state index contributed by atoms with van der Waals surface area (Å²) in [5.74, 6) is -0.00815. The molecule has 0 saturated carbocycles. The minimum atomic E-state index is -0.00815. The van der Waals surface area contributed by atoms with Crippen LogP contribution in [0.5, 0.6) is 0 Å². The van der Waals surface area contributed by atoms with E-state index in [9.17, 15) is 4.79 Å². The van der Waals surface area contributed by atoms with Gasteiger partial charge in [-0.05, 0) is 24.8 Å². The molecule has 0 unspecified atom stereocenters. The number of rotatable bonds is 3. The first-order chi connectivity index (χ1) is 5.74. The molecule has 0 aromatic heterocycles. The zero-order valence-corrected chi connectivity index (χ0v) is 7.98. The number of aliphatic imine (C=N–C) groups is 1. The highest BCUT2D eigenvalue weighted by Gasteiger charge is 2.21. The van der Waals surface area contributed by atoms with Crippen LogP contribution < -0.4 is 0 Å². The van der Waals surface area contributed by atoms with E-state index in [4.69, 9.17) is 0 Å². The van der Waals surface area contributed by atoms with Crippen molar-refractivity contribution in [3.63, 3.8) is 0 Å². The van der Waals surface area contributed by atoms with Crippen molar-refractivity contribution < 1.29 is 4.79 Å². The summed E-state index contributed by atoms with van der Waals surface area (Å²) in [7, 11) is 0. The van der Waals surface area contributed by atoms with Crippen molar-refractivity contribution in [2.75, 3.05) is 0 Å². The maximum absolute atomic E-state index is 11.3. The van der Waals surface area contributed by atoms with Gasteiger partial charge in [-0.15, -0.1) is 0 Å². The Kier molecular flexibility index (Phi) is 2.79. The second-order valence-corrected chi connectivity index (χ2v) is 2.88. The molecule has 0 saturated heterocycles. The summed E-state index contributed by atoms with van der Waals surface area (Å²) in [6.07, 6.45) is 2.62. The standard InChI is InChI=1S/C10H15NO/c1-4-7-8(5-2)10(12)11-9(7)6-3/h4-6H2,1-3H3. The molecule has 0 aliphatic carbocycles. The molecule has 0 spiro atoms. The van der Waals surface area contributed by atoms with Crippen LogP contribution >= 0.6 is 0 Å². The Labute approximate surface area is 73.4 Å². The highest BCUT2D eigenvalue weighted by molar-refractivity contribution is 6.19. The number of carbonyl (C=O) groups is 1. The Morgan fingerprint density at radius 1 is 1.00 bits per heavy atom. The van der Waals surface area contributed by atoms with Crippen LogP contribution in [0.25, 0.3) is 0 Å². The molecule has 0 aromatic rings. The van der Waals surface area contributed by atoms with E-state index in [1.165, 1.54) is 5.57 Å². The van der Waals surface area contributed by atoms with E-state index in [1.807, 2.05) is 13.8 Å². The molecule has 1 amide bonds. The molecule has 2 heteroatoms. The van der Waals surface area contributed by atoms with Gasteiger partial charge in [-0.2, -0.15) is 0 Å². The number of hydrogen-bond acceptors (Lipinski definition) is 1. The fourth-order valence-electron chi connectivity index (χ4n) is 1.64. The topological polar surface area (TPSA) is 29.4 Å². The Hall–Kier alpha value is -0.920. The van der Waals surface area contributed by atoms with Gasteiger partial charge in [0.25, 0.3) is 5.91 Å². The van der Waals surface area contributed by atoms with Gasteiger partial charge in [0.15, 0.2) is 0 Å². The van der Waals surface area contributed by atoms with Crippen LogP contribution in [-0.2, 0) is 4.79 Å². The lowest BCUT2D eigenvalue weighted by Crippen LogP contribution is -1.98. The van der Waals surface area contributed by atoms with E-state index in [0.717, 1.165) is 30.5 Å². The largest absolute Gasteiger partial charge is 0.273 e. The maximum atomic E-state index is 11.3. The molecular formula is C10H15NO. The molecule has 0 fully saturated rings. The second kappa shape index (κ2) is 3.65. The van der Waals surface area contributed by atoms with Crippen LogP contribution in [0.1, 0.15) is 40.0 Å². The number of carbonyl (C=O) groups excluding carboxylic acids is 1. The molecule has 12 heavy (non-hydrogen) atoms. The Morgan fingerprint density at radius 3 is 2.00 bits per heavy atom. The minimum absolute atomic E-state index is 0.00815. The van der Waals surface area contributed by atoms with Gasteiger partial charge in [0, 0.05) is 11.3 Å². The van der Waals surface area contributed by atoms with Gasteiger partial charge in [0.05, 0.1) is 0 Å². The van der Waals surface area contributed by atoms with E-state index >= 15 is 0 Å². The molecule has 66 valence electrons. The van der Waals surface area contributed by atoms with Crippen molar-refractivity contribution in [3.05, 3.63) is 11.1 Å². The quantitative estimate of drug-likeness (QED) is 0.631. The third-order valence-electron chi connectivity index (χ3n) is 2.25. The lowest BCUT2D eigenvalue weighted by atomic mass is 10.0. The van der Waals surface area contributed by atoms with Crippen molar-refractivity contribution in [1.29, 1.82) is 0 Å². The third kappa shape index (κ3) is 1.33. The molecule has 1 rings (SSSR count). The van der Waals surface area contributed by atoms with E-state index in [-0.39, 0.29) is 5.91 Å². The normalized spacial score (nSPS) is 17.2. The van der Waals surface area contributed by atoms with Crippen LogP contribution in [0, 0.1) is 0 Å². The number of amides is 1. The lowest BCUT2D eigenvalue weighted by molar-refractivity contribution is -0.114. The Bertz CT molecular complexity index is 261. The van der Waals surface area contributed by atoms with Crippen molar-refractivity contribution in [3.8, 4) is 0 Å². The van der Waals surface area contributed by atoms with E-state index < -0.39 is 0 Å². The van der Waals surface area contributed by atoms with Gasteiger partial charge < -0.3 is 0 Å². The number of nitrogens with zero attached hydrogens (tertiary/aromatic N) is 1. The first-order valence-electron chi connectivity index (χ1n) is 4.58. The van der Waals surface area contributed by atoms with Gasteiger partial charge >= 0.3 is 0 Å². The summed E-state index contributed by atoms with van der Waals surface area (Å²) in [4.78, 5) is 15.3. The highest BCUT2D eigenvalue weighted by atomic mass is 16.1. The maximum Gasteiger partial charge on any atom is 0.273 e. The van der Waals surface area contributed by atoms with Crippen LogP contribution in [-0.4, -0.2) is 11.6 Å². The summed E-state index contributed by atoms with van der Waals surface area (Å²) in [6, 6.07) is 0. The van der Waals surface area contributed by atoms with Crippen LogP contribution in [0.2, 0.25) is 0 Å². The van der Waals surface area contributed by atoms with E-state index in [1.54, 1.807) is 0 Å². The first-order valence-corrected chi connectivity index (χ1v) is 4.58. The predicted molar refractivity (Wildman–Crippen MR) is 50.3 cm³/mol. The van der Waals surface area contributed by atoms with Crippen molar-refractivity contribution in [2.45, 2.75) is 40.0 Å². The third-order valence-corrected chi connectivity index (χ3v) is 2.25. The first kappa shape index (κ1) is 9.17. The molecule has 0 radical (unpaired) electrons. The summed E-state index contributed by atoms with van der Waals surface area (Å²) in [5, 5.41) is 0. The molecular weight excluding hydrogens is 150 g/mol. The fourth-order valence-corrected chi connectivity index (χ4v) is 1.64. The van der Waals surface area contributed by atoms with Crippen molar-refractivity contribution in [1.82, 2.24) is 0 Å². The molecule has 1 aliphatic rings. The second-order valence-electron chi connectivity index (χ2n) is 2.88. The summed E-state index contributed by atoms with van der Waals surface area (Å²) in [6.45, 7) is 6.13. The van der Waals surface area contributed by atoms with Crippen LogP contribution in [0.15, 0.2) is 16.1 Å². The summed E-state index contributed by atoms with van der Waals surface area (Å²) in [5.41, 5.74) is 3.11. The average Bonchev–Trinajstić information content (AvgIpc) is 2.40. The van der Waals surface area contributed by atoms with E-state index in [2.05, 4.69) is 11.9 Å². The smallest absolute Gasteiger partial charge is 0.267 e. The Morgan fingerprint density at radius 2 is 1.58 bits per heavy atom. The molecule has 0 N–H and O–H groups in total. The monoisotopic (exact) mass is 165 g/mol. The van der Waals surface area contributed by atoms with Gasteiger partial charge in [0.1, 0.15) is 0 Å². The number of hydrogen-bond donors (Lipinski definition) is 0. The molecule has 1 heterocycles. The molecule has 1 aliphatic heterocycles. The van der Waals surface area contributed by atoms with Crippen LogP contribution in [0.4, 0.5) is 0 Å². The summed E-state index contributed by atoms with van der Waals surface area (Å²) < 4.78 is 0. The SMILES string of the molecule is CCC1=NC(=O)C(CC)=C1CC. The minimum Gasteiger partial charge on any atom is -0.267 e. The fraction of sp³-hybridized carbons (Fsp3) is 0.600. The molecule has 0 aromatic carbocycles. The summed E-state index contributed by atoms with van der Waals surface area (Å²) >= 11 is 0. The Balaban J connectivity index is 3.03. The average molecular weight is 165 g/mol. The van der Waals surface area contributed by atoms with Crippen LogP contribution in [0.3, 0.4) is 0 Å². The zero-order chi connectivity index (χ0) is 9.14. The number of allylic oxidation sites excluding steroid dienone is 1. The van der Waals surface area contributed by atoms with Gasteiger partial charge in [0.2, 0.25) is 0 Å².